The Morgan fingerprint density at radius 2 is 0.875 bits per heavy atom. The number of carboxylic acids is 1. The molecule has 2 nitrogen and oxygen atoms in total. The molecule has 0 aliphatic carbocycles. The zero-order chi connectivity index (χ0) is 26.6. The highest BCUT2D eigenvalue weighted by molar-refractivity contribution is 5.86. The van der Waals surface area contributed by atoms with Gasteiger partial charge in [0, 0.05) is 12.0 Å². The van der Waals surface area contributed by atoms with Gasteiger partial charge in [0.05, 0.1) is 0 Å². The Morgan fingerprint density at radius 1 is 0.594 bits per heavy atom. The van der Waals surface area contributed by atoms with Crippen molar-refractivity contribution in [1.82, 2.24) is 0 Å². The maximum atomic E-state index is 13.5. The first kappa shape index (κ1) is 30.0. The van der Waals surface area contributed by atoms with Gasteiger partial charge in [-0.05, 0) is 6.92 Å². The van der Waals surface area contributed by atoms with Crippen molar-refractivity contribution in [2.45, 2.75) is 61.0 Å². The Bertz CT molecular complexity index is 746. The third kappa shape index (κ3) is 3.94. The second kappa shape index (κ2) is 7.81. The lowest BCUT2D eigenvalue weighted by molar-refractivity contribution is -0.461. The molecule has 0 spiro atoms. The van der Waals surface area contributed by atoms with Crippen LogP contribution in [0.4, 0.5) is 74.6 Å². The van der Waals surface area contributed by atoms with Crippen molar-refractivity contribution >= 4 is 5.97 Å². The average molecular weight is 518 g/mol. The maximum absolute atomic E-state index is 13.5. The molecule has 0 aromatic rings. The summed E-state index contributed by atoms with van der Waals surface area (Å²) in [5.41, 5.74) is -1.91. The van der Waals surface area contributed by atoms with Gasteiger partial charge in [0.15, 0.2) is 0 Å². The number of alkyl halides is 17. The van der Waals surface area contributed by atoms with Gasteiger partial charge in [-0.1, -0.05) is 6.08 Å². The highest BCUT2D eigenvalue weighted by Crippen LogP contribution is 2.64. The Hall–Kier alpha value is -1.98. The largest absolute Gasteiger partial charge is 0.478 e. The molecule has 0 radical (unpaired) electrons. The van der Waals surface area contributed by atoms with E-state index in [0.29, 0.717) is 6.92 Å². The number of halogens is 17. The standard InChI is InChI=1S/C13H7F17O2/c1-2-4(5(31)32)3-6(14,15)7(16,17)8(18,19)9(20,21)10(22,23)11(24,25)12(26,27)13(28,29)30/h2H,3H2,1H3,(H,31,32). The van der Waals surface area contributed by atoms with Crippen molar-refractivity contribution < 1.29 is 84.5 Å². The first-order valence-corrected chi connectivity index (χ1v) is 7.21. The van der Waals surface area contributed by atoms with Crippen LogP contribution in [0.3, 0.4) is 0 Å². The molecule has 0 unspecified atom stereocenters. The summed E-state index contributed by atoms with van der Waals surface area (Å²) in [4.78, 5) is 10.5. The molecule has 0 aliphatic rings. The smallest absolute Gasteiger partial charge is 0.460 e. The first-order chi connectivity index (χ1) is 13.6. The SMILES string of the molecule is CC=C(CC(F)(F)C(F)(F)C(F)(F)C(F)(F)C(F)(F)C(F)(F)C(F)(F)C(F)(F)F)C(=O)O. The molecule has 1 N–H and O–H groups in total. The van der Waals surface area contributed by atoms with E-state index < -0.39 is 65.6 Å². The molecular formula is C13H7F17O2. The molecule has 0 rings (SSSR count). The number of carboxylic acid groups (broad SMARTS) is 1. The van der Waals surface area contributed by atoms with E-state index in [9.17, 15) is 79.4 Å². The predicted octanol–water partition coefficient (Wildman–Crippen LogP) is 6.42. The number of hydrogen-bond donors (Lipinski definition) is 1. The second-order valence-corrected chi connectivity index (χ2v) is 5.94. The minimum atomic E-state index is -8.71. The van der Waals surface area contributed by atoms with Crippen LogP contribution in [-0.2, 0) is 4.79 Å². The van der Waals surface area contributed by atoms with E-state index in [1.54, 1.807) is 0 Å². The van der Waals surface area contributed by atoms with Crippen LogP contribution in [0.15, 0.2) is 11.6 Å². The van der Waals surface area contributed by atoms with Crippen LogP contribution in [0.25, 0.3) is 0 Å². The van der Waals surface area contributed by atoms with E-state index in [2.05, 4.69) is 0 Å². The summed E-state index contributed by atoms with van der Waals surface area (Å²) in [7, 11) is 0. The summed E-state index contributed by atoms with van der Waals surface area (Å²) in [6, 6.07) is 0. The molecular weight excluding hydrogens is 511 g/mol. The van der Waals surface area contributed by atoms with Gasteiger partial charge >= 0.3 is 53.6 Å². The quantitative estimate of drug-likeness (QED) is 0.283. The van der Waals surface area contributed by atoms with Gasteiger partial charge in [-0.25, -0.2) is 4.79 Å². The van der Waals surface area contributed by atoms with E-state index in [-0.39, 0.29) is 6.08 Å². The normalized spacial score (nSPS) is 16.4. The highest BCUT2D eigenvalue weighted by atomic mass is 19.4. The summed E-state index contributed by atoms with van der Waals surface area (Å²) >= 11 is 0. The van der Waals surface area contributed by atoms with Crippen molar-refractivity contribution in [2.24, 2.45) is 0 Å². The van der Waals surface area contributed by atoms with Crippen molar-refractivity contribution in [3.05, 3.63) is 11.6 Å². The molecule has 0 heterocycles. The zero-order valence-electron chi connectivity index (χ0n) is 14.6. The van der Waals surface area contributed by atoms with E-state index >= 15 is 0 Å². The molecule has 19 heteroatoms. The molecule has 0 atom stereocenters. The van der Waals surface area contributed by atoms with Crippen LogP contribution in [0.5, 0.6) is 0 Å². The molecule has 0 fully saturated rings. The number of allylic oxidation sites excluding steroid dienone is 1. The summed E-state index contributed by atoms with van der Waals surface area (Å²) < 4.78 is 221. The Kier molecular flexibility index (Phi) is 7.32. The molecule has 0 amide bonds. The van der Waals surface area contributed by atoms with Crippen molar-refractivity contribution in [1.29, 1.82) is 0 Å². The Morgan fingerprint density at radius 3 is 1.12 bits per heavy atom. The van der Waals surface area contributed by atoms with Crippen molar-refractivity contribution in [2.75, 3.05) is 0 Å². The minimum Gasteiger partial charge on any atom is -0.478 e. The fraction of sp³-hybridized carbons (Fsp3) is 0.769. The molecule has 0 aromatic heterocycles. The molecule has 0 aliphatic heterocycles. The lowest BCUT2D eigenvalue weighted by Crippen LogP contribution is -2.74. The third-order valence-corrected chi connectivity index (χ3v) is 3.82. The summed E-state index contributed by atoms with van der Waals surface area (Å²) in [6.07, 6.45) is -10.9. The van der Waals surface area contributed by atoms with Gasteiger partial charge in [-0.15, -0.1) is 0 Å². The van der Waals surface area contributed by atoms with E-state index in [1.807, 2.05) is 0 Å². The average Bonchev–Trinajstić information content (AvgIpc) is 2.57. The van der Waals surface area contributed by atoms with Gasteiger partial charge in [-0.2, -0.15) is 74.6 Å². The van der Waals surface area contributed by atoms with Crippen LogP contribution in [0.2, 0.25) is 0 Å². The van der Waals surface area contributed by atoms with E-state index in [4.69, 9.17) is 5.11 Å². The lowest BCUT2D eigenvalue weighted by Gasteiger charge is -2.42. The predicted molar refractivity (Wildman–Crippen MR) is 66.7 cm³/mol. The van der Waals surface area contributed by atoms with Gasteiger partial charge in [0.1, 0.15) is 0 Å². The number of aliphatic carboxylic acids is 1. The third-order valence-electron chi connectivity index (χ3n) is 3.82. The minimum absolute atomic E-state index is 0.0231. The molecule has 0 saturated heterocycles. The van der Waals surface area contributed by atoms with Crippen LogP contribution in [0.1, 0.15) is 13.3 Å². The van der Waals surface area contributed by atoms with Crippen LogP contribution in [0, 0.1) is 0 Å². The second-order valence-electron chi connectivity index (χ2n) is 5.94. The van der Waals surface area contributed by atoms with E-state index in [0.717, 1.165) is 0 Å². The zero-order valence-corrected chi connectivity index (χ0v) is 14.6. The number of hydrogen-bond acceptors (Lipinski definition) is 1. The van der Waals surface area contributed by atoms with Gasteiger partial charge in [0.25, 0.3) is 0 Å². The summed E-state index contributed by atoms with van der Waals surface area (Å²) in [5.74, 6) is -59.8. The summed E-state index contributed by atoms with van der Waals surface area (Å²) in [5, 5.41) is 8.38. The first-order valence-electron chi connectivity index (χ1n) is 7.21. The number of rotatable bonds is 9. The monoisotopic (exact) mass is 518 g/mol. The van der Waals surface area contributed by atoms with Crippen LogP contribution < -0.4 is 0 Å². The van der Waals surface area contributed by atoms with Gasteiger partial charge < -0.3 is 5.11 Å². The number of carbonyl (C=O) groups is 1. The molecule has 0 aromatic carbocycles. The van der Waals surface area contributed by atoms with Crippen LogP contribution >= 0.6 is 0 Å². The Labute approximate surface area is 164 Å². The fourth-order valence-electron chi connectivity index (χ4n) is 1.85. The van der Waals surface area contributed by atoms with Crippen molar-refractivity contribution in [3.8, 4) is 0 Å². The maximum Gasteiger partial charge on any atom is 0.460 e. The van der Waals surface area contributed by atoms with E-state index in [1.165, 1.54) is 0 Å². The highest BCUT2D eigenvalue weighted by Gasteiger charge is 2.95. The topological polar surface area (TPSA) is 37.3 Å². The lowest BCUT2D eigenvalue weighted by atomic mass is 9.87. The molecule has 190 valence electrons. The summed E-state index contributed by atoms with van der Waals surface area (Å²) in [6.45, 7) is 0.512. The fourth-order valence-corrected chi connectivity index (χ4v) is 1.85. The molecule has 0 saturated carbocycles. The Balaban J connectivity index is 6.75. The van der Waals surface area contributed by atoms with Gasteiger partial charge in [0.2, 0.25) is 0 Å². The van der Waals surface area contributed by atoms with Gasteiger partial charge in [-0.3, -0.25) is 0 Å². The van der Waals surface area contributed by atoms with Crippen molar-refractivity contribution in [3.63, 3.8) is 0 Å². The van der Waals surface area contributed by atoms with Crippen LogP contribution in [-0.4, -0.2) is 58.7 Å². The molecule has 32 heavy (non-hydrogen) atoms. The molecule has 0 bridgehead atoms.